The van der Waals surface area contributed by atoms with E-state index in [0.29, 0.717) is 45.9 Å². The molecular formula is C15H10Cl2O3. The minimum absolute atomic E-state index is 0.177. The van der Waals surface area contributed by atoms with E-state index in [1.165, 1.54) is 0 Å². The number of ether oxygens (including phenoxy) is 2. The van der Waals surface area contributed by atoms with E-state index >= 15 is 0 Å². The number of hydrogen-bond donors (Lipinski definition) is 0. The molecule has 0 aliphatic carbocycles. The number of rotatable bonds is 2. The van der Waals surface area contributed by atoms with Gasteiger partial charge >= 0.3 is 0 Å². The normalized spacial score (nSPS) is 13.1. The molecule has 0 atom stereocenters. The molecule has 0 N–H and O–H groups in total. The molecule has 3 rings (SSSR count). The molecule has 1 heterocycles. The highest BCUT2D eigenvalue weighted by Crippen LogP contribution is 2.32. The van der Waals surface area contributed by atoms with Crippen molar-refractivity contribution >= 4 is 29.0 Å². The van der Waals surface area contributed by atoms with Crippen LogP contribution in [0.3, 0.4) is 0 Å². The van der Waals surface area contributed by atoms with Crippen molar-refractivity contribution in [3.8, 4) is 11.5 Å². The molecule has 0 saturated heterocycles. The first-order chi connectivity index (χ1) is 9.65. The van der Waals surface area contributed by atoms with E-state index < -0.39 is 0 Å². The van der Waals surface area contributed by atoms with Crippen molar-refractivity contribution in [2.75, 3.05) is 13.2 Å². The van der Waals surface area contributed by atoms with Gasteiger partial charge in [-0.2, -0.15) is 0 Å². The van der Waals surface area contributed by atoms with Crippen LogP contribution >= 0.6 is 23.2 Å². The van der Waals surface area contributed by atoms with Crippen molar-refractivity contribution in [3.05, 3.63) is 57.6 Å². The SMILES string of the molecule is O=C(c1ccc2c(c1)OCCO2)c1ccc(Cl)cc1Cl. The lowest BCUT2D eigenvalue weighted by atomic mass is 10.0. The molecule has 0 fully saturated rings. The summed E-state index contributed by atoms with van der Waals surface area (Å²) in [5, 5.41) is 0.825. The number of hydrogen-bond acceptors (Lipinski definition) is 3. The van der Waals surface area contributed by atoms with Crippen LogP contribution < -0.4 is 9.47 Å². The van der Waals surface area contributed by atoms with Gasteiger partial charge in [-0.05, 0) is 36.4 Å². The van der Waals surface area contributed by atoms with Gasteiger partial charge in [0, 0.05) is 16.1 Å². The fourth-order valence-corrected chi connectivity index (χ4v) is 2.51. The lowest BCUT2D eigenvalue weighted by molar-refractivity contribution is 0.103. The van der Waals surface area contributed by atoms with Crippen molar-refractivity contribution < 1.29 is 14.3 Å². The molecule has 0 spiro atoms. The van der Waals surface area contributed by atoms with Gasteiger partial charge in [0.1, 0.15) is 13.2 Å². The van der Waals surface area contributed by atoms with E-state index in [1.807, 2.05) is 0 Å². The summed E-state index contributed by atoms with van der Waals surface area (Å²) >= 11 is 11.9. The number of ketones is 1. The average molecular weight is 309 g/mol. The molecule has 2 aromatic rings. The van der Waals surface area contributed by atoms with Crippen LogP contribution in [0, 0.1) is 0 Å². The molecule has 20 heavy (non-hydrogen) atoms. The third kappa shape index (κ3) is 2.47. The Hall–Kier alpha value is -1.71. The minimum Gasteiger partial charge on any atom is -0.486 e. The highest BCUT2D eigenvalue weighted by atomic mass is 35.5. The first kappa shape index (κ1) is 13.3. The molecule has 0 bridgehead atoms. The summed E-state index contributed by atoms with van der Waals surface area (Å²) in [6.45, 7) is 0.996. The Morgan fingerprint density at radius 3 is 2.45 bits per heavy atom. The maximum atomic E-state index is 12.4. The lowest BCUT2D eigenvalue weighted by Crippen LogP contribution is -2.16. The van der Waals surface area contributed by atoms with E-state index in [2.05, 4.69) is 0 Å². The van der Waals surface area contributed by atoms with Crippen LogP contribution in [0.5, 0.6) is 11.5 Å². The Kier molecular flexibility index (Phi) is 3.55. The number of halogens is 2. The largest absolute Gasteiger partial charge is 0.486 e. The van der Waals surface area contributed by atoms with E-state index in [-0.39, 0.29) is 5.78 Å². The van der Waals surface area contributed by atoms with Crippen LogP contribution in [0.4, 0.5) is 0 Å². The van der Waals surface area contributed by atoms with Crippen molar-refractivity contribution in [1.29, 1.82) is 0 Å². The zero-order valence-electron chi connectivity index (χ0n) is 10.4. The van der Waals surface area contributed by atoms with Crippen LogP contribution in [0.2, 0.25) is 10.0 Å². The van der Waals surface area contributed by atoms with Crippen molar-refractivity contribution in [1.82, 2.24) is 0 Å². The van der Waals surface area contributed by atoms with E-state index in [4.69, 9.17) is 32.7 Å². The average Bonchev–Trinajstić information content (AvgIpc) is 2.46. The third-order valence-electron chi connectivity index (χ3n) is 2.98. The molecule has 0 radical (unpaired) electrons. The summed E-state index contributed by atoms with van der Waals surface area (Å²) in [5.74, 6) is 1.05. The zero-order chi connectivity index (χ0) is 14.1. The van der Waals surface area contributed by atoms with Crippen LogP contribution in [0.1, 0.15) is 15.9 Å². The summed E-state index contributed by atoms with van der Waals surface area (Å²) < 4.78 is 10.9. The van der Waals surface area contributed by atoms with E-state index in [0.717, 1.165) is 0 Å². The van der Waals surface area contributed by atoms with Crippen LogP contribution in [0.25, 0.3) is 0 Å². The first-order valence-corrected chi connectivity index (χ1v) is 6.80. The molecule has 0 aromatic heterocycles. The summed E-state index contributed by atoms with van der Waals surface area (Å²) in [7, 11) is 0. The highest BCUT2D eigenvalue weighted by molar-refractivity contribution is 6.37. The predicted molar refractivity (Wildman–Crippen MR) is 77.3 cm³/mol. The third-order valence-corrected chi connectivity index (χ3v) is 3.53. The van der Waals surface area contributed by atoms with Gasteiger partial charge in [0.15, 0.2) is 17.3 Å². The van der Waals surface area contributed by atoms with Crippen molar-refractivity contribution in [3.63, 3.8) is 0 Å². The van der Waals surface area contributed by atoms with Gasteiger partial charge in [0.2, 0.25) is 0 Å². The zero-order valence-corrected chi connectivity index (χ0v) is 11.9. The highest BCUT2D eigenvalue weighted by Gasteiger charge is 2.17. The molecule has 1 aliphatic heterocycles. The van der Waals surface area contributed by atoms with Gasteiger partial charge in [0.05, 0.1) is 5.02 Å². The molecule has 2 aromatic carbocycles. The number of carbonyl (C=O) groups is 1. The van der Waals surface area contributed by atoms with Gasteiger partial charge in [-0.3, -0.25) is 4.79 Å². The van der Waals surface area contributed by atoms with Gasteiger partial charge in [-0.15, -0.1) is 0 Å². The topological polar surface area (TPSA) is 35.5 Å². The number of carbonyl (C=O) groups excluding carboxylic acids is 1. The Morgan fingerprint density at radius 2 is 1.70 bits per heavy atom. The molecule has 0 saturated carbocycles. The standard InChI is InChI=1S/C15H10Cl2O3/c16-10-2-3-11(12(17)8-10)15(18)9-1-4-13-14(7-9)20-6-5-19-13/h1-4,7-8H,5-6H2. The van der Waals surface area contributed by atoms with Crippen molar-refractivity contribution in [2.24, 2.45) is 0 Å². The molecule has 0 unspecified atom stereocenters. The predicted octanol–water partition coefficient (Wildman–Crippen LogP) is 4.00. The summed E-state index contributed by atoms with van der Waals surface area (Å²) in [6, 6.07) is 9.89. The van der Waals surface area contributed by atoms with Gasteiger partial charge in [-0.25, -0.2) is 0 Å². The summed E-state index contributed by atoms with van der Waals surface area (Å²) in [4.78, 5) is 12.4. The lowest BCUT2D eigenvalue weighted by Gasteiger charge is -2.18. The minimum atomic E-state index is -0.177. The van der Waals surface area contributed by atoms with Gasteiger partial charge in [0.25, 0.3) is 0 Å². The van der Waals surface area contributed by atoms with Crippen LogP contribution in [-0.2, 0) is 0 Å². The van der Waals surface area contributed by atoms with Gasteiger partial charge < -0.3 is 9.47 Å². The Bertz CT molecular complexity index is 683. The van der Waals surface area contributed by atoms with E-state index in [1.54, 1.807) is 36.4 Å². The smallest absolute Gasteiger partial charge is 0.194 e. The maximum absolute atomic E-state index is 12.4. The van der Waals surface area contributed by atoms with Crippen molar-refractivity contribution in [2.45, 2.75) is 0 Å². The number of benzene rings is 2. The second-order valence-electron chi connectivity index (χ2n) is 4.31. The van der Waals surface area contributed by atoms with E-state index in [9.17, 15) is 4.79 Å². The molecule has 3 nitrogen and oxygen atoms in total. The fraction of sp³-hybridized carbons (Fsp3) is 0.133. The fourth-order valence-electron chi connectivity index (χ4n) is 2.01. The Morgan fingerprint density at radius 1 is 0.950 bits per heavy atom. The molecule has 5 heteroatoms. The maximum Gasteiger partial charge on any atom is 0.194 e. The second kappa shape index (κ2) is 5.35. The Labute approximate surface area is 126 Å². The van der Waals surface area contributed by atoms with Gasteiger partial charge in [-0.1, -0.05) is 23.2 Å². The monoisotopic (exact) mass is 308 g/mol. The van der Waals surface area contributed by atoms with Crippen LogP contribution in [-0.4, -0.2) is 19.0 Å². The number of fused-ring (bicyclic) bond motifs is 1. The molecular weight excluding hydrogens is 299 g/mol. The Balaban J connectivity index is 1.98. The molecule has 102 valence electrons. The first-order valence-electron chi connectivity index (χ1n) is 6.04. The molecule has 1 aliphatic rings. The quantitative estimate of drug-likeness (QED) is 0.787. The van der Waals surface area contributed by atoms with Crippen LogP contribution in [0.15, 0.2) is 36.4 Å². The summed E-state index contributed by atoms with van der Waals surface area (Å²) in [5.41, 5.74) is 0.909. The second-order valence-corrected chi connectivity index (χ2v) is 5.16. The molecule has 0 amide bonds. The summed E-state index contributed by atoms with van der Waals surface area (Å²) in [6.07, 6.45) is 0.